The minimum Gasteiger partial charge on any atom is -0.457 e. The number of esters is 1. The van der Waals surface area contributed by atoms with Crippen molar-refractivity contribution in [1.29, 1.82) is 5.26 Å². The summed E-state index contributed by atoms with van der Waals surface area (Å²) < 4.78 is 17.9. The van der Waals surface area contributed by atoms with Crippen LogP contribution in [0.5, 0.6) is 0 Å². The highest BCUT2D eigenvalue weighted by Gasteiger charge is 2.25. The summed E-state index contributed by atoms with van der Waals surface area (Å²) in [4.78, 5) is 10.9. The molecule has 0 radical (unpaired) electrons. The highest BCUT2D eigenvalue weighted by Crippen LogP contribution is 2.24. The van der Waals surface area contributed by atoms with Crippen LogP contribution in [-0.4, -0.2) is 5.97 Å². The number of nitrogens with zero attached hydrogens (tertiary/aromatic N) is 1. The molecule has 0 fully saturated rings. The van der Waals surface area contributed by atoms with Gasteiger partial charge in [-0.1, -0.05) is 0 Å². The molecule has 0 amide bonds. The normalized spacial score (nSPS) is 13.4. The average Bonchev–Trinajstić information content (AvgIpc) is 2.50. The third kappa shape index (κ3) is 0.975. The molecular weight excluding hydrogens is 173 g/mol. The molecule has 0 aromatic heterocycles. The lowest BCUT2D eigenvalue weighted by Gasteiger charge is -1.97. The summed E-state index contributed by atoms with van der Waals surface area (Å²) in [5.41, 5.74) is 0.345. The number of fused-ring (bicyclic) bond motifs is 1. The van der Waals surface area contributed by atoms with E-state index in [0.717, 1.165) is 0 Å². The molecule has 2 rings (SSSR count). The molecule has 1 aliphatic heterocycles. The Kier molecular flexibility index (Phi) is 1.52. The van der Waals surface area contributed by atoms with Crippen LogP contribution in [0.25, 0.3) is 0 Å². The Morgan fingerprint density at radius 2 is 2.31 bits per heavy atom. The molecule has 1 aromatic carbocycles. The molecule has 64 valence electrons. The van der Waals surface area contributed by atoms with E-state index in [9.17, 15) is 9.18 Å². The summed E-state index contributed by atoms with van der Waals surface area (Å²) in [7, 11) is 0. The molecule has 1 aromatic rings. The van der Waals surface area contributed by atoms with Crippen molar-refractivity contribution in [3.05, 3.63) is 34.6 Å². The van der Waals surface area contributed by atoms with Crippen molar-refractivity contribution in [3.8, 4) is 6.07 Å². The highest BCUT2D eigenvalue weighted by atomic mass is 19.1. The molecule has 0 atom stereocenters. The Hall–Kier alpha value is -1.89. The van der Waals surface area contributed by atoms with Crippen molar-refractivity contribution in [2.24, 2.45) is 0 Å². The van der Waals surface area contributed by atoms with Gasteiger partial charge < -0.3 is 4.74 Å². The number of halogens is 1. The summed E-state index contributed by atoms with van der Waals surface area (Å²) in [6.07, 6.45) is 0. The molecular formula is C9H4FNO2. The van der Waals surface area contributed by atoms with Gasteiger partial charge in [0.15, 0.2) is 0 Å². The standard InChI is InChI=1S/C9H4FNO2/c10-8-5(3-11)1-2-6-7(8)4-13-9(6)12/h1-2H,4H2. The molecule has 0 saturated carbocycles. The lowest BCUT2D eigenvalue weighted by atomic mass is 10.1. The first-order valence-electron chi connectivity index (χ1n) is 3.62. The number of rotatable bonds is 0. The fraction of sp³-hybridized carbons (Fsp3) is 0.111. The first-order valence-corrected chi connectivity index (χ1v) is 3.62. The topological polar surface area (TPSA) is 50.1 Å². The lowest BCUT2D eigenvalue weighted by molar-refractivity contribution is 0.0534. The molecule has 0 unspecified atom stereocenters. The summed E-state index contributed by atoms with van der Waals surface area (Å²) >= 11 is 0. The monoisotopic (exact) mass is 177 g/mol. The van der Waals surface area contributed by atoms with E-state index >= 15 is 0 Å². The molecule has 0 saturated heterocycles. The second-order valence-electron chi connectivity index (χ2n) is 2.64. The van der Waals surface area contributed by atoms with Gasteiger partial charge in [-0.2, -0.15) is 5.26 Å². The van der Waals surface area contributed by atoms with Gasteiger partial charge in [0.1, 0.15) is 18.5 Å². The quantitative estimate of drug-likeness (QED) is 0.562. The molecule has 3 nitrogen and oxygen atoms in total. The maximum absolute atomic E-state index is 13.3. The number of nitriles is 1. The molecule has 4 heteroatoms. The van der Waals surface area contributed by atoms with E-state index in [1.165, 1.54) is 12.1 Å². The number of carbonyl (C=O) groups is 1. The Morgan fingerprint density at radius 3 is 3.00 bits per heavy atom. The van der Waals surface area contributed by atoms with Crippen LogP contribution < -0.4 is 0 Å². The Bertz CT molecular complexity index is 434. The van der Waals surface area contributed by atoms with Crippen LogP contribution in [0.2, 0.25) is 0 Å². The first kappa shape index (κ1) is 7.74. The van der Waals surface area contributed by atoms with Crippen molar-refractivity contribution < 1.29 is 13.9 Å². The molecule has 0 spiro atoms. The van der Waals surface area contributed by atoms with Gasteiger partial charge in [-0.3, -0.25) is 0 Å². The summed E-state index contributed by atoms with van der Waals surface area (Å²) in [6.45, 7) is -0.0739. The predicted octanol–water partition coefficient (Wildman–Crippen LogP) is 1.37. The number of hydrogen-bond acceptors (Lipinski definition) is 3. The van der Waals surface area contributed by atoms with Gasteiger partial charge >= 0.3 is 5.97 Å². The number of ether oxygens (including phenoxy) is 1. The fourth-order valence-corrected chi connectivity index (χ4v) is 1.26. The zero-order valence-electron chi connectivity index (χ0n) is 6.50. The van der Waals surface area contributed by atoms with Crippen LogP contribution in [0.4, 0.5) is 4.39 Å². The number of hydrogen-bond donors (Lipinski definition) is 0. The second kappa shape index (κ2) is 2.56. The SMILES string of the molecule is N#Cc1ccc2c(c1F)COC2=O. The zero-order valence-corrected chi connectivity index (χ0v) is 6.50. The number of cyclic esters (lactones) is 1. The molecule has 0 aliphatic carbocycles. The van der Waals surface area contributed by atoms with Crippen molar-refractivity contribution in [1.82, 2.24) is 0 Å². The van der Waals surface area contributed by atoms with E-state index in [4.69, 9.17) is 5.26 Å². The Balaban J connectivity index is 2.68. The van der Waals surface area contributed by atoms with E-state index < -0.39 is 11.8 Å². The van der Waals surface area contributed by atoms with E-state index in [-0.39, 0.29) is 23.3 Å². The molecule has 1 aliphatic rings. The van der Waals surface area contributed by atoms with Crippen molar-refractivity contribution in [3.63, 3.8) is 0 Å². The predicted molar refractivity (Wildman–Crippen MR) is 40.2 cm³/mol. The molecule has 13 heavy (non-hydrogen) atoms. The van der Waals surface area contributed by atoms with E-state index in [0.29, 0.717) is 0 Å². The lowest BCUT2D eigenvalue weighted by Crippen LogP contribution is -1.96. The fourth-order valence-electron chi connectivity index (χ4n) is 1.26. The smallest absolute Gasteiger partial charge is 0.338 e. The molecule has 0 N–H and O–H groups in total. The minimum absolute atomic E-state index is 0.0583. The largest absolute Gasteiger partial charge is 0.457 e. The van der Waals surface area contributed by atoms with Gasteiger partial charge in [0.05, 0.1) is 11.1 Å². The van der Waals surface area contributed by atoms with E-state index in [1.807, 2.05) is 0 Å². The van der Waals surface area contributed by atoms with Gasteiger partial charge in [0, 0.05) is 5.56 Å². The maximum atomic E-state index is 13.3. The second-order valence-corrected chi connectivity index (χ2v) is 2.64. The third-order valence-electron chi connectivity index (χ3n) is 1.93. The minimum atomic E-state index is -0.647. The third-order valence-corrected chi connectivity index (χ3v) is 1.93. The first-order chi connectivity index (χ1) is 6.24. The number of carbonyl (C=O) groups excluding carboxylic acids is 1. The Morgan fingerprint density at radius 1 is 1.54 bits per heavy atom. The Labute approximate surface area is 73.4 Å². The van der Waals surface area contributed by atoms with Crippen LogP contribution in [0, 0.1) is 17.1 Å². The van der Waals surface area contributed by atoms with Gasteiger partial charge in [-0.15, -0.1) is 0 Å². The van der Waals surface area contributed by atoms with Crippen LogP contribution >= 0.6 is 0 Å². The molecule has 0 bridgehead atoms. The van der Waals surface area contributed by atoms with Crippen LogP contribution in [0.3, 0.4) is 0 Å². The van der Waals surface area contributed by atoms with E-state index in [2.05, 4.69) is 4.74 Å². The van der Waals surface area contributed by atoms with Crippen molar-refractivity contribution in [2.75, 3.05) is 0 Å². The van der Waals surface area contributed by atoms with Crippen molar-refractivity contribution >= 4 is 5.97 Å². The summed E-state index contributed by atoms with van der Waals surface area (Å²) in [5, 5.41) is 8.50. The van der Waals surface area contributed by atoms with Crippen LogP contribution in [0.15, 0.2) is 12.1 Å². The average molecular weight is 177 g/mol. The molecule has 1 heterocycles. The van der Waals surface area contributed by atoms with Crippen molar-refractivity contribution in [2.45, 2.75) is 6.61 Å². The van der Waals surface area contributed by atoms with Gasteiger partial charge in [-0.05, 0) is 12.1 Å². The highest BCUT2D eigenvalue weighted by molar-refractivity contribution is 5.93. The summed E-state index contributed by atoms with van der Waals surface area (Å²) in [5.74, 6) is -1.18. The van der Waals surface area contributed by atoms with Crippen LogP contribution in [-0.2, 0) is 11.3 Å². The van der Waals surface area contributed by atoms with Gasteiger partial charge in [-0.25, -0.2) is 9.18 Å². The summed E-state index contributed by atoms with van der Waals surface area (Å²) in [6, 6.07) is 4.39. The maximum Gasteiger partial charge on any atom is 0.338 e. The number of benzene rings is 1. The zero-order chi connectivity index (χ0) is 9.42. The van der Waals surface area contributed by atoms with Crippen LogP contribution in [0.1, 0.15) is 21.5 Å². The van der Waals surface area contributed by atoms with E-state index in [1.54, 1.807) is 6.07 Å². The van der Waals surface area contributed by atoms with Gasteiger partial charge in [0.2, 0.25) is 0 Å². The van der Waals surface area contributed by atoms with Gasteiger partial charge in [0.25, 0.3) is 0 Å².